The van der Waals surface area contributed by atoms with E-state index in [4.69, 9.17) is 17.3 Å². The van der Waals surface area contributed by atoms with E-state index in [0.29, 0.717) is 21.9 Å². The Balaban J connectivity index is 2.55. The molecule has 1 heterocycles. The molecule has 1 atom stereocenters. The average molecular weight is 294 g/mol. The summed E-state index contributed by atoms with van der Waals surface area (Å²) >= 11 is 6.19. The molecule has 0 spiro atoms. The van der Waals surface area contributed by atoms with Crippen LogP contribution in [0.3, 0.4) is 0 Å². The maximum atomic E-state index is 11.3. The molecule has 1 aromatic heterocycles. The summed E-state index contributed by atoms with van der Waals surface area (Å²) in [5.74, 6) is -0.593. The molecule has 0 saturated carbocycles. The molecule has 6 heteroatoms. The predicted octanol–water partition coefficient (Wildman–Crippen LogP) is 2.99. The summed E-state index contributed by atoms with van der Waals surface area (Å²) in [5, 5.41) is 14.1. The van der Waals surface area contributed by atoms with Gasteiger partial charge < -0.3 is 16.2 Å². The first-order valence-corrected chi connectivity index (χ1v) is 6.61. The lowest BCUT2D eigenvalue weighted by molar-refractivity contribution is -0.138. The number of carbonyl (C=O) groups is 1. The Bertz CT molecular complexity index is 658. The maximum absolute atomic E-state index is 11.3. The summed E-state index contributed by atoms with van der Waals surface area (Å²) in [6.45, 7) is 3.65. The Labute approximate surface area is 121 Å². The van der Waals surface area contributed by atoms with Crippen LogP contribution in [-0.4, -0.2) is 22.1 Å². The van der Waals surface area contributed by atoms with E-state index in [1.165, 1.54) is 0 Å². The first kappa shape index (κ1) is 14.4. The van der Waals surface area contributed by atoms with Crippen molar-refractivity contribution in [1.29, 1.82) is 0 Å². The van der Waals surface area contributed by atoms with Gasteiger partial charge in [-0.1, -0.05) is 25.4 Å². The number of nitrogens with zero attached hydrogens (tertiary/aromatic N) is 1. The fraction of sp³-hybridized carbons (Fsp3) is 0.286. The molecule has 0 fully saturated rings. The van der Waals surface area contributed by atoms with Crippen LogP contribution in [0.25, 0.3) is 10.8 Å². The van der Waals surface area contributed by atoms with Crippen molar-refractivity contribution in [3.63, 3.8) is 0 Å². The van der Waals surface area contributed by atoms with E-state index < -0.39 is 12.0 Å². The second-order valence-electron chi connectivity index (χ2n) is 4.92. The lowest BCUT2D eigenvalue weighted by Crippen LogP contribution is -2.34. The molecule has 0 aliphatic rings. The first-order chi connectivity index (χ1) is 9.41. The molecule has 106 valence electrons. The number of halogens is 1. The molecule has 0 radical (unpaired) electrons. The van der Waals surface area contributed by atoms with E-state index in [-0.39, 0.29) is 5.92 Å². The van der Waals surface area contributed by atoms with Crippen molar-refractivity contribution in [3.8, 4) is 0 Å². The molecular formula is C14H16ClN3O2. The van der Waals surface area contributed by atoms with E-state index in [1.807, 2.05) is 13.8 Å². The van der Waals surface area contributed by atoms with Gasteiger partial charge in [-0.15, -0.1) is 0 Å². The van der Waals surface area contributed by atoms with Crippen LogP contribution in [0.1, 0.15) is 13.8 Å². The number of fused-ring (bicyclic) bond motifs is 1. The number of nitrogens with two attached hydrogens (primary N) is 1. The third-order valence-corrected chi connectivity index (χ3v) is 3.45. The highest BCUT2D eigenvalue weighted by atomic mass is 35.5. The minimum atomic E-state index is -0.932. The molecular weight excluding hydrogens is 278 g/mol. The number of aromatic nitrogens is 1. The van der Waals surface area contributed by atoms with E-state index in [1.54, 1.807) is 24.4 Å². The van der Waals surface area contributed by atoms with Crippen molar-refractivity contribution in [1.82, 2.24) is 4.98 Å². The highest BCUT2D eigenvalue weighted by molar-refractivity contribution is 6.37. The number of aliphatic carboxylic acids is 1. The SMILES string of the molecule is CC(C)C(Nc1nccc2c(N)ccc(Cl)c12)C(=O)O. The standard InChI is InChI=1S/C14H16ClN3O2/c1-7(2)12(14(19)20)18-13-11-8(5-6-17-13)10(16)4-3-9(11)15/h3-7,12H,16H2,1-2H3,(H,17,18)(H,19,20). The number of nitrogens with one attached hydrogen (secondary N) is 1. The van der Waals surface area contributed by atoms with Crippen LogP contribution in [0.4, 0.5) is 11.5 Å². The van der Waals surface area contributed by atoms with Gasteiger partial charge >= 0.3 is 5.97 Å². The predicted molar refractivity (Wildman–Crippen MR) is 81.0 cm³/mol. The lowest BCUT2D eigenvalue weighted by atomic mass is 10.0. The normalized spacial score (nSPS) is 12.6. The van der Waals surface area contributed by atoms with Crippen LogP contribution >= 0.6 is 11.6 Å². The Hall–Kier alpha value is -2.01. The van der Waals surface area contributed by atoms with Crippen LogP contribution in [-0.2, 0) is 4.79 Å². The summed E-state index contributed by atoms with van der Waals surface area (Å²) in [4.78, 5) is 15.5. The van der Waals surface area contributed by atoms with Gasteiger partial charge in [-0.3, -0.25) is 0 Å². The van der Waals surface area contributed by atoms with Gasteiger partial charge in [0.1, 0.15) is 11.9 Å². The number of nitrogen functional groups attached to an aromatic ring is 1. The van der Waals surface area contributed by atoms with Gasteiger partial charge in [0, 0.05) is 22.7 Å². The zero-order valence-electron chi connectivity index (χ0n) is 11.2. The smallest absolute Gasteiger partial charge is 0.326 e. The molecule has 2 rings (SSSR count). The highest BCUT2D eigenvalue weighted by Gasteiger charge is 2.23. The Morgan fingerprint density at radius 3 is 2.70 bits per heavy atom. The average Bonchev–Trinajstić information content (AvgIpc) is 2.39. The number of carboxylic acids is 1. The van der Waals surface area contributed by atoms with E-state index in [9.17, 15) is 9.90 Å². The number of anilines is 2. The van der Waals surface area contributed by atoms with Gasteiger partial charge in [0.25, 0.3) is 0 Å². The Kier molecular flexibility index (Phi) is 3.99. The third kappa shape index (κ3) is 2.63. The molecule has 2 aromatic rings. The lowest BCUT2D eigenvalue weighted by Gasteiger charge is -2.20. The molecule has 4 N–H and O–H groups in total. The summed E-state index contributed by atoms with van der Waals surface area (Å²) in [6, 6.07) is 4.40. The largest absolute Gasteiger partial charge is 0.480 e. The van der Waals surface area contributed by atoms with Crippen molar-refractivity contribution in [2.75, 3.05) is 11.1 Å². The minimum Gasteiger partial charge on any atom is -0.480 e. The van der Waals surface area contributed by atoms with E-state index in [0.717, 1.165) is 5.39 Å². The topological polar surface area (TPSA) is 88.2 Å². The van der Waals surface area contributed by atoms with Gasteiger partial charge in [-0.25, -0.2) is 9.78 Å². The molecule has 20 heavy (non-hydrogen) atoms. The van der Waals surface area contributed by atoms with Crippen molar-refractivity contribution in [3.05, 3.63) is 29.4 Å². The number of rotatable bonds is 4. The number of benzene rings is 1. The van der Waals surface area contributed by atoms with Crippen LogP contribution < -0.4 is 11.1 Å². The molecule has 1 aromatic carbocycles. The van der Waals surface area contributed by atoms with Gasteiger partial charge in [-0.2, -0.15) is 0 Å². The zero-order valence-corrected chi connectivity index (χ0v) is 12.0. The molecule has 0 aliphatic heterocycles. The van der Waals surface area contributed by atoms with E-state index in [2.05, 4.69) is 10.3 Å². The molecule has 0 amide bonds. The van der Waals surface area contributed by atoms with Crippen molar-refractivity contribution < 1.29 is 9.90 Å². The minimum absolute atomic E-state index is 0.0932. The molecule has 0 saturated heterocycles. The van der Waals surface area contributed by atoms with Crippen molar-refractivity contribution in [2.45, 2.75) is 19.9 Å². The monoisotopic (exact) mass is 293 g/mol. The van der Waals surface area contributed by atoms with Gasteiger partial charge in [0.2, 0.25) is 0 Å². The van der Waals surface area contributed by atoms with Gasteiger partial charge in [0.05, 0.1) is 5.02 Å². The second-order valence-corrected chi connectivity index (χ2v) is 5.33. The van der Waals surface area contributed by atoms with Crippen molar-refractivity contribution >= 4 is 39.8 Å². The molecule has 1 unspecified atom stereocenters. The summed E-state index contributed by atoms with van der Waals surface area (Å²) < 4.78 is 0. The van der Waals surface area contributed by atoms with Crippen LogP contribution in [0.15, 0.2) is 24.4 Å². The fourth-order valence-corrected chi connectivity index (χ4v) is 2.30. The summed E-state index contributed by atoms with van der Waals surface area (Å²) in [5.41, 5.74) is 6.49. The molecule has 5 nitrogen and oxygen atoms in total. The summed E-state index contributed by atoms with van der Waals surface area (Å²) in [6.07, 6.45) is 1.58. The number of carboxylic acid groups (broad SMARTS) is 1. The highest BCUT2D eigenvalue weighted by Crippen LogP contribution is 2.33. The van der Waals surface area contributed by atoms with E-state index >= 15 is 0 Å². The van der Waals surface area contributed by atoms with Gasteiger partial charge in [-0.05, 0) is 24.1 Å². The first-order valence-electron chi connectivity index (χ1n) is 6.24. The zero-order chi connectivity index (χ0) is 14.9. The Morgan fingerprint density at radius 2 is 2.10 bits per heavy atom. The molecule has 0 bridgehead atoms. The second kappa shape index (κ2) is 5.54. The van der Waals surface area contributed by atoms with Gasteiger partial charge in [0.15, 0.2) is 0 Å². The Morgan fingerprint density at radius 1 is 1.40 bits per heavy atom. The third-order valence-electron chi connectivity index (χ3n) is 3.13. The molecule has 0 aliphatic carbocycles. The number of hydrogen-bond acceptors (Lipinski definition) is 4. The maximum Gasteiger partial charge on any atom is 0.326 e. The van der Waals surface area contributed by atoms with Crippen LogP contribution in [0.5, 0.6) is 0 Å². The quantitative estimate of drug-likeness (QED) is 0.754. The van der Waals surface area contributed by atoms with Crippen LogP contribution in [0, 0.1) is 5.92 Å². The fourth-order valence-electron chi connectivity index (χ4n) is 2.05. The number of hydrogen-bond donors (Lipinski definition) is 3. The van der Waals surface area contributed by atoms with Crippen molar-refractivity contribution in [2.24, 2.45) is 5.92 Å². The van der Waals surface area contributed by atoms with Crippen LogP contribution in [0.2, 0.25) is 5.02 Å². The summed E-state index contributed by atoms with van der Waals surface area (Å²) in [7, 11) is 0. The number of pyridine rings is 1.